The summed E-state index contributed by atoms with van der Waals surface area (Å²) in [5.74, 6) is 0. The van der Waals surface area contributed by atoms with Crippen molar-refractivity contribution < 1.29 is 8.42 Å². The quantitative estimate of drug-likeness (QED) is 0.813. The molecule has 0 heterocycles. The number of rotatable bonds is 3. The summed E-state index contributed by atoms with van der Waals surface area (Å²) in [6.45, 7) is 1.85. The molecule has 94 valence electrons. The molecule has 1 fully saturated rings. The van der Waals surface area contributed by atoms with E-state index in [-0.39, 0.29) is 5.25 Å². The van der Waals surface area contributed by atoms with Gasteiger partial charge in [-0.25, -0.2) is 8.42 Å². The molecule has 0 atom stereocenters. The Morgan fingerprint density at radius 1 is 1.29 bits per heavy atom. The van der Waals surface area contributed by atoms with E-state index in [1.807, 2.05) is 6.92 Å². The van der Waals surface area contributed by atoms with Crippen LogP contribution < -0.4 is 10.5 Å². The van der Waals surface area contributed by atoms with Gasteiger partial charge < -0.3 is 5.73 Å². The molecule has 5 heteroatoms. The minimum Gasteiger partial charge on any atom is -0.399 e. The number of benzene rings is 1. The molecule has 0 radical (unpaired) electrons. The van der Waals surface area contributed by atoms with Gasteiger partial charge in [-0.15, -0.1) is 0 Å². The van der Waals surface area contributed by atoms with E-state index < -0.39 is 10.0 Å². The molecule has 0 aromatic heterocycles. The second-order valence-corrected chi connectivity index (χ2v) is 6.59. The third-order valence-electron chi connectivity index (χ3n) is 3.24. The maximum atomic E-state index is 12.1. The molecule has 3 N–H and O–H groups in total. The third kappa shape index (κ3) is 2.72. The molecule has 4 nitrogen and oxygen atoms in total. The van der Waals surface area contributed by atoms with Crippen molar-refractivity contribution in [2.24, 2.45) is 0 Å². The second-order valence-electron chi connectivity index (χ2n) is 4.63. The van der Waals surface area contributed by atoms with Gasteiger partial charge >= 0.3 is 0 Å². The summed E-state index contributed by atoms with van der Waals surface area (Å²) in [7, 11) is -3.24. The van der Waals surface area contributed by atoms with Crippen molar-refractivity contribution in [3.05, 3.63) is 23.8 Å². The van der Waals surface area contributed by atoms with Crippen LogP contribution in [0.3, 0.4) is 0 Å². The molecule has 1 aliphatic rings. The second kappa shape index (κ2) is 4.56. The minimum atomic E-state index is -3.24. The Morgan fingerprint density at radius 3 is 2.53 bits per heavy atom. The number of anilines is 2. The molecule has 0 spiro atoms. The smallest absolute Gasteiger partial charge is 0.235 e. The van der Waals surface area contributed by atoms with Crippen LogP contribution >= 0.6 is 0 Å². The van der Waals surface area contributed by atoms with Gasteiger partial charge in [0, 0.05) is 5.69 Å². The van der Waals surface area contributed by atoms with Crippen molar-refractivity contribution in [2.45, 2.75) is 37.9 Å². The van der Waals surface area contributed by atoms with Crippen molar-refractivity contribution in [3.63, 3.8) is 0 Å². The van der Waals surface area contributed by atoms with Gasteiger partial charge in [-0.3, -0.25) is 4.72 Å². The molecule has 0 saturated heterocycles. The maximum absolute atomic E-state index is 12.1. The summed E-state index contributed by atoms with van der Waals surface area (Å²) in [6.07, 6.45) is 3.55. The van der Waals surface area contributed by atoms with Gasteiger partial charge in [0.1, 0.15) is 0 Å². The molecule has 2 rings (SSSR count). The molecular weight excluding hydrogens is 236 g/mol. The van der Waals surface area contributed by atoms with E-state index in [0.717, 1.165) is 31.2 Å². The van der Waals surface area contributed by atoms with Crippen LogP contribution in [0, 0.1) is 6.92 Å². The number of nitrogens with one attached hydrogen (secondary N) is 1. The van der Waals surface area contributed by atoms with Crippen LogP contribution in [0.4, 0.5) is 11.4 Å². The number of sulfonamides is 1. The van der Waals surface area contributed by atoms with E-state index in [2.05, 4.69) is 4.72 Å². The van der Waals surface area contributed by atoms with Crippen molar-refractivity contribution in [3.8, 4) is 0 Å². The fraction of sp³-hybridized carbons (Fsp3) is 0.500. The van der Waals surface area contributed by atoms with Crippen LogP contribution in [0.1, 0.15) is 31.2 Å². The largest absolute Gasteiger partial charge is 0.399 e. The van der Waals surface area contributed by atoms with Crippen LogP contribution in [0.25, 0.3) is 0 Å². The van der Waals surface area contributed by atoms with E-state index in [4.69, 9.17) is 5.73 Å². The number of hydrogen-bond donors (Lipinski definition) is 2. The first-order valence-electron chi connectivity index (χ1n) is 5.87. The average Bonchev–Trinajstić information content (AvgIpc) is 2.76. The van der Waals surface area contributed by atoms with Gasteiger partial charge in [-0.1, -0.05) is 12.8 Å². The summed E-state index contributed by atoms with van der Waals surface area (Å²) in [4.78, 5) is 0. The molecule has 1 saturated carbocycles. The highest BCUT2D eigenvalue weighted by atomic mass is 32.2. The molecular formula is C12H18N2O2S. The standard InChI is InChI=1S/C12H18N2O2S/c1-9-8-10(13)6-7-12(9)14-17(15,16)11-4-2-3-5-11/h6-8,11,14H,2-5,13H2,1H3. The van der Waals surface area contributed by atoms with Crippen LogP contribution in [0.2, 0.25) is 0 Å². The number of aryl methyl sites for hydroxylation is 1. The van der Waals surface area contributed by atoms with Gasteiger partial charge in [0.25, 0.3) is 0 Å². The number of hydrogen-bond acceptors (Lipinski definition) is 3. The predicted octanol–water partition coefficient (Wildman–Crippen LogP) is 2.26. The number of nitrogens with two attached hydrogens (primary N) is 1. The summed E-state index contributed by atoms with van der Waals surface area (Å²) in [5, 5.41) is -0.237. The fourth-order valence-corrected chi connectivity index (χ4v) is 3.89. The average molecular weight is 254 g/mol. The molecule has 0 bridgehead atoms. The Bertz CT molecular complexity index is 505. The summed E-state index contributed by atoms with van der Waals surface area (Å²) in [6, 6.07) is 5.20. The zero-order valence-electron chi connectivity index (χ0n) is 9.94. The molecule has 0 amide bonds. The molecule has 0 aliphatic heterocycles. The topological polar surface area (TPSA) is 72.2 Å². The lowest BCUT2D eigenvalue weighted by atomic mass is 10.2. The maximum Gasteiger partial charge on any atom is 0.235 e. The van der Waals surface area contributed by atoms with E-state index in [0.29, 0.717) is 11.4 Å². The Hall–Kier alpha value is -1.23. The first-order chi connectivity index (χ1) is 7.99. The molecule has 1 aliphatic carbocycles. The Kier molecular flexibility index (Phi) is 3.28. The highest BCUT2D eigenvalue weighted by Crippen LogP contribution is 2.27. The van der Waals surface area contributed by atoms with Crippen molar-refractivity contribution in [1.82, 2.24) is 0 Å². The van der Waals surface area contributed by atoms with Gasteiger partial charge in [0.2, 0.25) is 10.0 Å². The first-order valence-corrected chi connectivity index (χ1v) is 7.41. The van der Waals surface area contributed by atoms with Crippen molar-refractivity contribution in [2.75, 3.05) is 10.5 Å². The Labute approximate surface area is 102 Å². The lowest BCUT2D eigenvalue weighted by Crippen LogP contribution is -2.25. The highest BCUT2D eigenvalue weighted by molar-refractivity contribution is 7.93. The fourth-order valence-electron chi connectivity index (χ4n) is 2.24. The summed E-state index contributed by atoms with van der Waals surface area (Å²) < 4.78 is 26.9. The van der Waals surface area contributed by atoms with Gasteiger partial charge in [0.15, 0.2) is 0 Å². The van der Waals surface area contributed by atoms with E-state index in [1.165, 1.54) is 0 Å². The summed E-state index contributed by atoms with van der Waals surface area (Å²) >= 11 is 0. The Balaban J connectivity index is 2.19. The zero-order chi connectivity index (χ0) is 12.5. The first kappa shape index (κ1) is 12.2. The molecule has 0 unspecified atom stereocenters. The predicted molar refractivity (Wildman–Crippen MR) is 70.4 cm³/mol. The normalized spacial score (nSPS) is 17.2. The van der Waals surface area contributed by atoms with Crippen molar-refractivity contribution >= 4 is 21.4 Å². The van der Waals surface area contributed by atoms with Crippen LogP contribution in [0.15, 0.2) is 18.2 Å². The molecule has 1 aromatic carbocycles. The van der Waals surface area contributed by atoms with E-state index in [1.54, 1.807) is 18.2 Å². The third-order valence-corrected chi connectivity index (χ3v) is 5.10. The molecule has 17 heavy (non-hydrogen) atoms. The van der Waals surface area contributed by atoms with Crippen LogP contribution in [-0.2, 0) is 10.0 Å². The zero-order valence-corrected chi connectivity index (χ0v) is 10.8. The minimum absolute atomic E-state index is 0.237. The lowest BCUT2D eigenvalue weighted by molar-refractivity contribution is 0.585. The van der Waals surface area contributed by atoms with Gasteiger partial charge in [0.05, 0.1) is 10.9 Å². The van der Waals surface area contributed by atoms with E-state index in [9.17, 15) is 8.42 Å². The van der Waals surface area contributed by atoms with Gasteiger partial charge in [-0.2, -0.15) is 0 Å². The monoisotopic (exact) mass is 254 g/mol. The van der Waals surface area contributed by atoms with Crippen molar-refractivity contribution in [1.29, 1.82) is 0 Å². The summed E-state index contributed by atoms with van der Waals surface area (Å²) in [5.41, 5.74) is 7.76. The van der Waals surface area contributed by atoms with Crippen LogP contribution in [-0.4, -0.2) is 13.7 Å². The van der Waals surface area contributed by atoms with Gasteiger partial charge in [-0.05, 0) is 43.5 Å². The van der Waals surface area contributed by atoms with E-state index >= 15 is 0 Å². The lowest BCUT2D eigenvalue weighted by Gasteiger charge is -2.15. The highest BCUT2D eigenvalue weighted by Gasteiger charge is 2.28. The number of nitrogen functional groups attached to an aromatic ring is 1. The molecule has 1 aromatic rings. The SMILES string of the molecule is Cc1cc(N)ccc1NS(=O)(=O)C1CCCC1. The Morgan fingerprint density at radius 2 is 1.94 bits per heavy atom. The van der Waals surface area contributed by atoms with Crippen LogP contribution in [0.5, 0.6) is 0 Å².